The molecule has 1 atom stereocenters. The summed E-state index contributed by atoms with van der Waals surface area (Å²) in [6.07, 6.45) is 1.52. The minimum atomic E-state index is -0.463. The van der Waals surface area contributed by atoms with Crippen molar-refractivity contribution in [2.24, 2.45) is 33.1 Å². The summed E-state index contributed by atoms with van der Waals surface area (Å²) >= 11 is 0. The molecule has 1 saturated heterocycles. The Balaban J connectivity index is 1.77. The standard InChI is InChI=1S/C18H23N9O2/c19-15(28)11-5-4-8-27(10-11)14-9-13(24-18(29)25-14)23-17(21)26-16(20)22-12-6-2-1-3-7-12/h1-3,6-7,9,11H,4-5,8,10H2,(H2,19,28)(H6,20,21,22,23,24,25,26,29)/p+1. The number of nitrogens with two attached hydrogens (primary N) is 3. The molecule has 0 radical (unpaired) electrons. The van der Waals surface area contributed by atoms with Crippen LogP contribution < -0.4 is 38.1 Å². The molecule has 11 nitrogen and oxygen atoms in total. The Morgan fingerprint density at radius 3 is 2.72 bits per heavy atom. The fourth-order valence-corrected chi connectivity index (χ4v) is 3.09. The third-order valence-corrected chi connectivity index (χ3v) is 4.44. The molecule has 2 heterocycles. The number of H-pyrrole nitrogens is 2. The predicted molar refractivity (Wildman–Crippen MR) is 111 cm³/mol. The number of para-hydroxylation sites is 1. The molecule has 1 amide bonds. The number of rotatable bonds is 4. The smallest absolute Gasteiger partial charge is 0.369 e. The number of benzene rings is 1. The summed E-state index contributed by atoms with van der Waals surface area (Å²) in [4.78, 5) is 38.7. The molecule has 1 aromatic heterocycles. The lowest BCUT2D eigenvalue weighted by Gasteiger charge is -2.27. The molecule has 1 aliphatic heterocycles. The van der Waals surface area contributed by atoms with Crippen LogP contribution in [-0.4, -0.2) is 35.9 Å². The summed E-state index contributed by atoms with van der Waals surface area (Å²) in [6.45, 7) is 1.12. The number of anilines is 2. The van der Waals surface area contributed by atoms with E-state index in [-0.39, 0.29) is 29.6 Å². The predicted octanol–water partition coefficient (Wildman–Crippen LogP) is -0.736. The van der Waals surface area contributed by atoms with Crippen LogP contribution in [-0.2, 0) is 4.79 Å². The van der Waals surface area contributed by atoms with Crippen molar-refractivity contribution in [1.82, 2.24) is 4.98 Å². The topological polar surface area (TPSA) is 182 Å². The number of primary amides is 1. The van der Waals surface area contributed by atoms with Gasteiger partial charge in [0, 0.05) is 5.69 Å². The second-order valence-electron chi connectivity index (χ2n) is 6.64. The number of carbonyl (C=O) groups is 1. The summed E-state index contributed by atoms with van der Waals surface area (Å²) in [5.74, 6) is 0.0410. The number of hydrogen-bond donors (Lipinski definition) is 5. The molecule has 29 heavy (non-hydrogen) atoms. The average Bonchev–Trinajstić information content (AvgIpc) is 2.68. The van der Waals surface area contributed by atoms with Gasteiger partial charge in [-0.25, -0.2) is 14.8 Å². The molecule has 1 aromatic carbocycles. The van der Waals surface area contributed by atoms with Crippen molar-refractivity contribution in [2.45, 2.75) is 12.8 Å². The second-order valence-corrected chi connectivity index (χ2v) is 6.64. The highest BCUT2D eigenvalue weighted by atomic mass is 16.1. The molecule has 1 fully saturated rings. The number of nitrogens with one attached hydrogen (secondary N) is 3. The molecule has 2 aromatic rings. The van der Waals surface area contributed by atoms with Crippen LogP contribution >= 0.6 is 0 Å². The van der Waals surface area contributed by atoms with Crippen LogP contribution in [0.15, 0.2) is 51.2 Å². The highest BCUT2D eigenvalue weighted by Gasteiger charge is 2.28. The van der Waals surface area contributed by atoms with Crippen LogP contribution in [0.5, 0.6) is 0 Å². The van der Waals surface area contributed by atoms with Gasteiger partial charge in [0.25, 0.3) is 0 Å². The van der Waals surface area contributed by atoms with Gasteiger partial charge in [-0.2, -0.15) is 9.98 Å². The van der Waals surface area contributed by atoms with Crippen molar-refractivity contribution in [3.63, 3.8) is 0 Å². The molecule has 3 rings (SSSR count). The van der Waals surface area contributed by atoms with E-state index in [2.05, 4.69) is 25.3 Å². The van der Waals surface area contributed by atoms with Crippen molar-refractivity contribution in [2.75, 3.05) is 23.3 Å². The van der Waals surface area contributed by atoms with E-state index in [0.29, 0.717) is 18.9 Å². The number of hydrogen-bond acceptors (Lipinski definition) is 4. The maximum absolute atomic E-state index is 12.0. The first-order chi connectivity index (χ1) is 13.9. The lowest BCUT2D eigenvalue weighted by molar-refractivity contribution is -0.388. The third-order valence-electron chi connectivity index (χ3n) is 4.44. The summed E-state index contributed by atoms with van der Waals surface area (Å²) in [7, 11) is 0. The molecule has 1 unspecified atom stereocenters. The summed E-state index contributed by atoms with van der Waals surface area (Å²) in [6, 6.07) is 10.8. The van der Waals surface area contributed by atoms with Crippen molar-refractivity contribution in [3.8, 4) is 0 Å². The summed E-state index contributed by atoms with van der Waals surface area (Å²) in [5.41, 5.74) is 17.4. The Hall–Kier alpha value is -3.89. The van der Waals surface area contributed by atoms with Crippen LogP contribution in [0.3, 0.4) is 0 Å². The summed E-state index contributed by atoms with van der Waals surface area (Å²) < 4.78 is 0. The van der Waals surface area contributed by atoms with Gasteiger partial charge in [-0.05, 0) is 25.0 Å². The Morgan fingerprint density at radius 1 is 1.24 bits per heavy atom. The van der Waals surface area contributed by atoms with Gasteiger partial charge in [0.1, 0.15) is 0 Å². The largest absolute Gasteiger partial charge is 0.440 e. The molecular weight excluding hydrogens is 374 g/mol. The number of aliphatic imine (C=N–C) groups is 2. The van der Waals surface area contributed by atoms with Crippen LogP contribution in [0.1, 0.15) is 12.8 Å². The van der Waals surface area contributed by atoms with Crippen molar-refractivity contribution in [1.29, 1.82) is 0 Å². The quantitative estimate of drug-likeness (QED) is 0.334. The van der Waals surface area contributed by atoms with Gasteiger partial charge in [0.05, 0.1) is 25.1 Å². The minimum absolute atomic E-state index is 0.0582. The van der Waals surface area contributed by atoms with Gasteiger partial charge in [-0.1, -0.05) is 18.2 Å². The third kappa shape index (κ3) is 5.54. The zero-order valence-corrected chi connectivity index (χ0v) is 15.8. The molecule has 0 bridgehead atoms. The van der Waals surface area contributed by atoms with Crippen molar-refractivity contribution in [3.05, 3.63) is 46.9 Å². The zero-order chi connectivity index (χ0) is 20.8. The van der Waals surface area contributed by atoms with Gasteiger partial charge in [0.2, 0.25) is 29.5 Å². The maximum atomic E-state index is 12.0. The van der Waals surface area contributed by atoms with Crippen LogP contribution in [0.25, 0.3) is 0 Å². The first-order valence-electron chi connectivity index (χ1n) is 9.12. The molecule has 0 aliphatic carbocycles. The highest BCUT2D eigenvalue weighted by Crippen LogP contribution is 2.21. The number of amides is 1. The maximum Gasteiger partial charge on any atom is 0.440 e. The monoisotopic (exact) mass is 398 g/mol. The van der Waals surface area contributed by atoms with E-state index in [0.717, 1.165) is 18.5 Å². The van der Waals surface area contributed by atoms with Gasteiger partial charge < -0.3 is 22.5 Å². The number of aromatic nitrogens is 2. The lowest BCUT2D eigenvalue weighted by Crippen LogP contribution is -2.45. The van der Waals surface area contributed by atoms with Gasteiger partial charge in [0.15, 0.2) is 0 Å². The van der Waals surface area contributed by atoms with Crippen LogP contribution in [0.4, 0.5) is 17.3 Å². The number of nitrogens with zero attached hydrogens (tertiary/aromatic N) is 3. The molecule has 152 valence electrons. The van der Waals surface area contributed by atoms with Crippen molar-refractivity contribution < 1.29 is 9.78 Å². The van der Waals surface area contributed by atoms with Crippen molar-refractivity contribution >= 4 is 35.1 Å². The molecule has 1 aliphatic rings. The highest BCUT2D eigenvalue weighted by molar-refractivity contribution is 6.01. The first-order valence-corrected chi connectivity index (χ1v) is 9.12. The average molecular weight is 398 g/mol. The lowest BCUT2D eigenvalue weighted by atomic mass is 9.97. The van der Waals surface area contributed by atoms with Gasteiger partial charge in [-0.3, -0.25) is 9.69 Å². The second kappa shape index (κ2) is 8.87. The van der Waals surface area contributed by atoms with Gasteiger partial charge in [-0.15, -0.1) is 0 Å². The number of piperidine rings is 1. The Labute approximate surface area is 166 Å². The van der Waals surface area contributed by atoms with Crippen LogP contribution in [0.2, 0.25) is 0 Å². The molecule has 0 saturated carbocycles. The molecule has 0 spiro atoms. The van der Waals surface area contributed by atoms with E-state index in [9.17, 15) is 9.59 Å². The van der Waals surface area contributed by atoms with Gasteiger partial charge >= 0.3 is 5.69 Å². The number of aromatic amines is 2. The minimum Gasteiger partial charge on any atom is -0.369 e. The molecule has 9 N–H and O–H groups in total. The van der Waals surface area contributed by atoms with E-state index in [1.54, 1.807) is 6.07 Å². The van der Waals surface area contributed by atoms with E-state index >= 15 is 0 Å². The van der Waals surface area contributed by atoms with E-state index < -0.39 is 5.69 Å². The fraction of sp³-hybridized carbons (Fsp3) is 0.278. The van der Waals surface area contributed by atoms with E-state index in [4.69, 9.17) is 17.2 Å². The first kappa shape index (κ1) is 19.9. The Morgan fingerprint density at radius 2 is 2.00 bits per heavy atom. The van der Waals surface area contributed by atoms with E-state index in [1.807, 2.05) is 35.2 Å². The molecule has 11 heteroatoms. The Kier molecular flexibility index (Phi) is 6.07. The summed E-state index contributed by atoms with van der Waals surface area (Å²) in [5, 5.41) is 2.89. The van der Waals surface area contributed by atoms with E-state index in [1.165, 1.54) is 0 Å². The zero-order valence-electron chi connectivity index (χ0n) is 15.8. The van der Waals surface area contributed by atoms with Crippen LogP contribution in [0, 0.1) is 5.92 Å². The SMILES string of the molecule is NC(=O)C1CCCN(c2cc(N=C(N)N=C(N)Nc3ccccc3)[nH]c(=O)[nH+]2)C1. The normalized spacial score (nSPS) is 17.8. The molecular formula is C18H24N9O2+. The number of guanidine groups is 2. The fourth-order valence-electron chi connectivity index (χ4n) is 3.09. The Bertz CT molecular complexity index is 984. The number of carbonyl (C=O) groups excluding carboxylic acids is 1.